The number of nitrogens with one attached hydrogen (secondary N) is 1. The van der Waals surface area contributed by atoms with Crippen LogP contribution in [-0.4, -0.2) is 42.1 Å². The topological polar surface area (TPSA) is 49.4 Å². The normalized spacial score (nSPS) is 11.1. The van der Waals surface area contributed by atoms with Gasteiger partial charge >= 0.3 is 0 Å². The van der Waals surface area contributed by atoms with E-state index in [0.717, 1.165) is 5.75 Å². The Kier molecular flexibility index (Phi) is 6.27. The molecule has 0 aliphatic heterocycles. The largest absolute Gasteiger partial charge is 0.350 e. The molecule has 1 aromatic carbocycles. The SMILES string of the molecule is CSCc1ccc(C(=O)N(C)CC(=O)NC(C)(C)C)cc1. The van der Waals surface area contributed by atoms with Crippen LogP contribution >= 0.6 is 11.8 Å². The van der Waals surface area contributed by atoms with E-state index in [1.54, 1.807) is 18.8 Å². The second kappa shape index (κ2) is 7.50. The minimum atomic E-state index is -0.291. The van der Waals surface area contributed by atoms with Crippen LogP contribution in [0.5, 0.6) is 0 Å². The molecule has 0 saturated carbocycles. The minimum Gasteiger partial charge on any atom is -0.350 e. The summed E-state index contributed by atoms with van der Waals surface area (Å²) in [6.07, 6.45) is 2.04. The van der Waals surface area contributed by atoms with Gasteiger partial charge in [0.05, 0.1) is 6.54 Å². The summed E-state index contributed by atoms with van der Waals surface area (Å²) in [6.45, 7) is 5.80. The fourth-order valence-corrected chi connectivity index (χ4v) is 2.40. The summed E-state index contributed by atoms with van der Waals surface area (Å²) < 4.78 is 0. The van der Waals surface area contributed by atoms with Crippen LogP contribution < -0.4 is 5.32 Å². The maximum absolute atomic E-state index is 12.3. The molecule has 0 spiro atoms. The van der Waals surface area contributed by atoms with Crippen LogP contribution in [0.3, 0.4) is 0 Å². The molecule has 0 radical (unpaired) electrons. The van der Waals surface area contributed by atoms with Gasteiger partial charge in [-0.3, -0.25) is 9.59 Å². The van der Waals surface area contributed by atoms with Gasteiger partial charge in [-0.15, -0.1) is 0 Å². The third-order valence-corrected chi connectivity index (χ3v) is 3.38. The van der Waals surface area contributed by atoms with Crippen molar-refractivity contribution >= 4 is 23.6 Å². The molecule has 1 rings (SSSR count). The van der Waals surface area contributed by atoms with Gasteiger partial charge in [-0.25, -0.2) is 0 Å². The van der Waals surface area contributed by atoms with Gasteiger partial charge in [0.25, 0.3) is 5.91 Å². The molecule has 116 valence electrons. The standard InChI is InChI=1S/C16H24N2O2S/c1-16(2,3)17-14(19)10-18(4)15(20)13-8-6-12(7-9-13)11-21-5/h6-9H,10-11H2,1-5H3,(H,17,19). The molecule has 0 saturated heterocycles. The number of thioether (sulfide) groups is 1. The van der Waals surface area contributed by atoms with Crippen LogP contribution in [0.1, 0.15) is 36.7 Å². The number of benzene rings is 1. The van der Waals surface area contributed by atoms with E-state index in [4.69, 9.17) is 0 Å². The summed E-state index contributed by atoms with van der Waals surface area (Å²) in [4.78, 5) is 25.5. The molecule has 1 aromatic rings. The van der Waals surface area contributed by atoms with Gasteiger partial charge in [0.2, 0.25) is 5.91 Å². The first-order valence-corrected chi connectivity index (χ1v) is 8.26. The number of likely N-dealkylation sites (N-methyl/N-ethyl adjacent to an activating group) is 1. The summed E-state index contributed by atoms with van der Waals surface area (Å²) >= 11 is 1.74. The molecule has 0 atom stereocenters. The van der Waals surface area contributed by atoms with Crippen molar-refractivity contribution in [2.45, 2.75) is 32.1 Å². The summed E-state index contributed by atoms with van der Waals surface area (Å²) in [5, 5.41) is 2.85. The second-order valence-electron chi connectivity index (χ2n) is 6.09. The molecule has 1 N–H and O–H groups in total. The predicted octanol–water partition coefficient (Wildman–Crippen LogP) is 2.54. The molecular weight excluding hydrogens is 284 g/mol. The molecule has 0 aliphatic carbocycles. The van der Waals surface area contributed by atoms with Crippen LogP contribution in [0.25, 0.3) is 0 Å². The fourth-order valence-electron chi connectivity index (χ4n) is 1.88. The quantitative estimate of drug-likeness (QED) is 0.909. The van der Waals surface area contributed by atoms with Crippen molar-refractivity contribution in [3.05, 3.63) is 35.4 Å². The Balaban J connectivity index is 2.63. The van der Waals surface area contributed by atoms with Crippen molar-refractivity contribution in [1.29, 1.82) is 0 Å². The van der Waals surface area contributed by atoms with Crippen molar-refractivity contribution in [3.63, 3.8) is 0 Å². The van der Waals surface area contributed by atoms with Crippen molar-refractivity contribution < 1.29 is 9.59 Å². The highest BCUT2D eigenvalue weighted by Crippen LogP contribution is 2.11. The van der Waals surface area contributed by atoms with Gasteiger partial charge in [0.1, 0.15) is 0 Å². The van der Waals surface area contributed by atoms with E-state index in [-0.39, 0.29) is 23.9 Å². The first-order valence-electron chi connectivity index (χ1n) is 6.87. The van der Waals surface area contributed by atoms with Crippen molar-refractivity contribution in [2.75, 3.05) is 19.8 Å². The van der Waals surface area contributed by atoms with E-state index in [2.05, 4.69) is 5.32 Å². The van der Waals surface area contributed by atoms with Gasteiger partial charge < -0.3 is 10.2 Å². The van der Waals surface area contributed by atoms with Crippen molar-refractivity contribution in [3.8, 4) is 0 Å². The zero-order chi connectivity index (χ0) is 16.0. The number of rotatable bonds is 5. The number of amides is 2. The molecule has 21 heavy (non-hydrogen) atoms. The molecule has 0 heterocycles. The number of hydrogen-bond acceptors (Lipinski definition) is 3. The Bertz CT molecular complexity index is 492. The fraction of sp³-hybridized carbons (Fsp3) is 0.500. The lowest BCUT2D eigenvalue weighted by Gasteiger charge is -2.23. The van der Waals surface area contributed by atoms with Gasteiger partial charge in [-0.05, 0) is 44.7 Å². The third-order valence-electron chi connectivity index (χ3n) is 2.75. The average molecular weight is 308 g/mol. The number of carbonyl (C=O) groups excluding carboxylic acids is 2. The lowest BCUT2D eigenvalue weighted by atomic mass is 10.1. The van der Waals surface area contributed by atoms with E-state index in [9.17, 15) is 9.59 Å². The monoisotopic (exact) mass is 308 g/mol. The zero-order valence-corrected chi connectivity index (χ0v) is 14.2. The minimum absolute atomic E-state index is 0.0582. The van der Waals surface area contributed by atoms with Crippen LogP contribution in [-0.2, 0) is 10.5 Å². The lowest BCUT2D eigenvalue weighted by molar-refractivity contribution is -0.122. The number of hydrogen-bond donors (Lipinski definition) is 1. The Morgan fingerprint density at radius 1 is 1.19 bits per heavy atom. The van der Waals surface area contributed by atoms with Gasteiger partial charge in [0, 0.05) is 23.9 Å². The van der Waals surface area contributed by atoms with Gasteiger partial charge in [0.15, 0.2) is 0 Å². The lowest BCUT2D eigenvalue weighted by Crippen LogP contribution is -2.46. The highest BCUT2D eigenvalue weighted by molar-refractivity contribution is 7.97. The summed E-state index contributed by atoms with van der Waals surface area (Å²) in [7, 11) is 1.64. The van der Waals surface area contributed by atoms with Crippen LogP contribution in [0.4, 0.5) is 0 Å². The molecular formula is C16H24N2O2S. The first kappa shape index (κ1) is 17.6. The Hall–Kier alpha value is -1.49. The second-order valence-corrected chi connectivity index (χ2v) is 6.96. The summed E-state index contributed by atoms with van der Waals surface area (Å²) in [5.74, 6) is 0.630. The van der Waals surface area contributed by atoms with Crippen molar-refractivity contribution in [2.24, 2.45) is 0 Å². The highest BCUT2D eigenvalue weighted by atomic mass is 32.2. The van der Waals surface area contributed by atoms with E-state index in [1.807, 2.05) is 51.3 Å². The molecule has 0 unspecified atom stereocenters. The van der Waals surface area contributed by atoms with E-state index >= 15 is 0 Å². The summed E-state index contributed by atoms with van der Waals surface area (Å²) in [6, 6.07) is 7.53. The average Bonchev–Trinajstić information content (AvgIpc) is 2.36. The molecule has 0 aromatic heterocycles. The Morgan fingerprint density at radius 3 is 2.24 bits per heavy atom. The van der Waals surface area contributed by atoms with E-state index < -0.39 is 0 Å². The summed E-state index contributed by atoms with van der Waals surface area (Å²) in [5.41, 5.74) is 1.50. The predicted molar refractivity (Wildman–Crippen MR) is 88.5 cm³/mol. The van der Waals surface area contributed by atoms with Crippen LogP contribution in [0.2, 0.25) is 0 Å². The third kappa shape index (κ3) is 6.21. The molecule has 0 fully saturated rings. The molecule has 4 nitrogen and oxygen atoms in total. The van der Waals surface area contributed by atoms with Crippen molar-refractivity contribution in [1.82, 2.24) is 10.2 Å². The van der Waals surface area contributed by atoms with Gasteiger partial charge in [-0.2, -0.15) is 11.8 Å². The Labute approximate surface area is 131 Å². The first-order chi connectivity index (χ1) is 9.73. The highest BCUT2D eigenvalue weighted by Gasteiger charge is 2.18. The smallest absolute Gasteiger partial charge is 0.254 e. The van der Waals surface area contributed by atoms with E-state index in [0.29, 0.717) is 5.56 Å². The van der Waals surface area contributed by atoms with Crippen LogP contribution in [0, 0.1) is 0 Å². The number of carbonyl (C=O) groups is 2. The van der Waals surface area contributed by atoms with Gasteiger partial charge in [-0.1, -0.05) is 12.1 Å². The molecule has 0 bridgehead atoms. The molecule has 2 amide bonds. The van der Waals surface area contributed by atoms with E-state index in [1.165, 1.54) is 10.5 Å². The number of nitrogens with zero attached hydrogens (tertiary/aromatic N) is 1. The molecule has 5 heteroatoms. The van der Waals surface area contributed by atoms with Crippen LogP contribution in [0.15, 0.2) is 24.3 Å². The zero-order valence-electron chi connectivity index (χ0n) is 13.4. The Morgan fingerprint density at radius 2 is 1.76 bits per heavy atom. The maximum Gasteiger partial charge on any atom is 0.254 e. The molecule has 0 aliphatic rings. The maximum atomic E-state index is 12.3.